The smallest absolute Gasteiger partial charge is 0.308 e. The summed E-state index contributed by atoms with van der Waals surface area (Å²) in [5.41, 5.74) is 1.16. The summed E-state index contributed by atoms with van der Waals surface area (Å²) in [5, 5.41) is 2.79. The zero-order chi connectivity index (χ0) is 21.2. The molecule has 0 aliphatic carbocycles. The zero-order valence-corrected chi connectivity index (χ0v) is 18.1. The highest BCUT2D eigenvalue weighted by Crippen LogP contribution is 2.25. The molecule has 1 amide bonds. The number of thiazole rings is 1. The molecule has 154 valence electrons. The molecule has 0 radical (unpaired) electrons. The van der Waals surface area contributed by atoms with Gasteiger partial charge in [-0.05, 0) is 43.2 Å². The summed E-state index contributed by atoms with van der Waals surface area (Å²) in [7, 11) is -3.94. The number of hydrogen-bond donors (Lipinski definition) is 2. The quantitative estimate of drug-likeness (QED) is 0.598. The van der Waals surface area contributed by atoms with Crippen LogP contribution in [0.15, 0.2) is 52.2 Å². The maximum absolute atomic E-state index is 12.9. The lowest BCUT2D eigenvalue weighted by Gasteiger charge is -2.13. The number of sulfonamides is 1. The lowest BCUT2D eigenvalue weighted by Crippen LogP contribution is -2.28. The molecule has 0 aliphatic rings. The molecule has 0 fully saturated rings. The van der Waals surface area contributed by atoms with Gasteiger partial charge < -0.3 is 5.32 Å². The first-order valence-electron chi connectivity index (χ1n) is 9.26. The first-order valence-corrected chi connectivity index (χ1v) is 11.6. The van der Waals surface area contributed by atoms with Gasteiger partial charge in [-0.25, -0.2) is 8.42 Å². The molecule has 0 aliphatic heterocycles. The molecule has 7 nitrogen and oxygen atoms in total. The Labute approximate surface area is 173 Å². The predicted octanol–water partition coefficient (Wildman–Crippen LogP) is 3.27. The van der Waals surface area contributed by atoms with Gasteiger partial charge in [0, 0.05) is 13.1 Å². The monoisotopic (exact) mass is 433 g/mol. The van der Waals surface area contributed by atoms with Crippen molar-refractivity contribution >= 4 is 43.2 Å². The van der Waals surface area contributed by atoms with Gasteiger partial charge in [0.2, 0.25) is 0 Å². The van der Waals surface area contributed by atoms with E-state index in [0.717, 1.165) is 11.3 Å². The molecule has 0 bridgehead atoms. The Hall–Kier alpha value is -2.65. The highest BCUT2D eigenvalue weighted by Gasteiger charge is 2.20. The summed E-state index contributed by atoms with van der Waals surface area (Å²) in [4.78, 5) is 24.4. The second-order valence-corrected chi connectivity index (χ2v) is 9.67. The number of aryl methyl sites for hydroxylation is 1. The van der Waals surface area contributed by atoms with Gasteiger partial charge in [-0.3, -0.25) is 18.9 Å². The molecule has 2 N–H and O–H groups in total. The first-order chi connectivity index (χ1) is 13.7. The molecule has 3 rings (SSSR count). The van der Waals surface area contributed by atoms with Crippen LogP contribution in [0.1, 0.15) is 31.1 Å². The lowest BCUT2D eigenvalue weighted by atomic mass is 10.1. The maximum atomic E-state index is 12.9. The Morgan fingerprint density at radius 3 is 2.59 bits per heavy atom. The number of amides is 1. The number of anilines is 1. The fraction of sp³-hybridized carbons (Fsp3) is 0.300. The molecule has 9 heteroatoms. The van der Waals surface area contributed by atoms with Gasteiger partial charge >= 0.3 is 4.87 Å². The molecule has 0 saturated heterocycles. The van der Waals surface area contributed by atoms with Gasteiger partial charge in [0.25, 0.3) is 15.9 Å². The number of carbonyl (C=O) groups excluding carboxylic acids is 1. The highest BCUT2D eigenvalue weighted by molar-refractivity contribution is 7.92. The Balaban J connectivity index is 1.93. The minimum Gasteiger partial charge on any atom is -0.352 e. The predicted molar refractivity (Wildman–Crippen MR) is 116 cm³/mol. The fourth-order valence-electron chi connectivity index (χ4n) is 2.88. The number of para-hydroxylation sites is 1. The second kappa shape index (κ2) is 8.38. The van der Waals surface area contributed by atoms with Crippen molar-refractivity contribution in [2.24, 2.45) is 5.92 Å². The van der Waals surface area contributed by atoms with E-state index in [2.05, 4.69) is 10.0 Å². The number of nitrogens with zero attached hydrogens (tertiary/aromatic N) is 1. The minimum absolute atomic E-state index is 0.0342. The Morgan fingerprint density at radius 2 is 1.90 bits per heavy atom. The zero-order valence-electron chi connectivity index (χ0n) is 16.4. The van der Waals surface area contributed by atoms with Crippen LogP contribution in [0.2, 0.25) is 0 Å². The van der Waals surface area contributed by atoms with E-state index in [0.29, 0.717) is 23.3 Å². The van der Waals surface area contributed by atoms with Crippen LogP contribution in [0.5, 0.6) is 0 Å². The van der Waals surface area contributed by atoms with Crippen molar-refractivity contribution in [3.63, 3.8) is 0 Å². The molecule has 0 spiro atoms. The molecule has 1 aromatic heterocycles. The van der Waals surface area contributed by atoms with Crippen molar-refractivity contribution in [2.45, 2.75) is 32.2 Å². The standard InChI is InChI=1S/C20H23N3O4S2/c1-4-23-17-10-9-14(11-18(17)28-20(23)25)29(26,27)22-16-8-6-5-7-15(16)19(24)21-12-13(2)3/h5-11,13,22H,4,12H2,1-3H3,(H,21,24). The van der Waals surface area contributed by atoms with Crippen molar-refractivity contribution in [2.75, 3.05) is 11.3 Å². The van der Waals surface area contributed by atoms with Gasteiger partial charge in [0.05, 0.1) is 26.4 Å². The van der Waals surface area contributed by atoms with Crippen LogP contribution in [-0.4, -0.2) is 25.4 Å². The van der Waals surface area contributed by atoms with E-state index in [4.69, 9.17) is 0 Å². The topological polar surface area (TPSA) is 97.3 Å². The third kappa shape index (κ3) is 4.51. The van der Waals surface area contributed by atoms with E-state index >= 15 is 0 Å². The molecule has 2 aromatic carbocycles. The lowest BCUT2D eigenvalue weighted by molar-refractivity contribution is 0.0950. The van der Waals surface area contributed by atoms with Crippen molar-refractivity contribution < 1.29 is 13.2 Å². The SMILES string of the molecule is CCn1c(=O)sc2cc(S(=O)(=O)Nc3ccccc3C(=O)NCC(C)C)ccc21. The van der Waals surface area contributed by atoms with Gasteiger partial charge in [0.1, 0.15) is 0 Å². The average molecular weight is 434 g/mol. The molecular weight excluding hydrogens is 410 g/mol. The summed E-state index contributed by atoms with van der Waals surface area (Å²) < 4.78 is 30.5. The maximum Gasteiger partial charge on any atom is 0.308 e. The van der Waals surface area contributed by atoms with E-state index in [9.17, 15) is 18.0 Å². The van der Waals surface area contributed by atoms with E-state index in [1.807, 2.05) is 20.8 Å². The van der Waals surface area contributed by atoms with Crippen LogP contribution in [0.3, 0.4) is 0 Å². The number of aromatic nitrogens is 1. The summed E-state index contributed by atoms with van der Waals surface area (Å²) >= 11 is 1.01. The first kappa shape index (κ1) is 21.1. The van der Waals surface area contributed by atoms with Crippen LogP contribution >= 0.6 is 11.3 Å². The second-order valence-electron chi connectivity index (χ2n) is 7.00. The third-order valence-corrected chi connectivity index (χ3v) is 6.66. The molecule has 3 aromatic rings. The minimum atomic E-state index is -3.94. The van der Waals surface area contributed by atoms with Gasteiger partial charge in [-0.15, -0.1) is 0 Å². The summed E-state index contributed by atoms with van der Waals surface area (Å²) in [6.45, 7) is 6.82. The van der Waals surface area contributed by atoms with Crippen molar-refractivity contribution in [1.82, 2.24) is 9.88 Å². The van der Waals surface area contributed by atoms with E-state index in [1.54, 1.807) is 34.9 Å². The van der Waals surface area contributed by atoms with Gasteiger partial charge in [0.15, 0.2) is 0 Å². The van der Waals surface area contributed by atoms with Crippen molar-refractivity contribution in [1.29, 1.82) is 0 Å². The van der Waals surface area contributed by atoms with Crippen molar-refractivity contribution in [3.8, 4) is 0 Å². The third-order valence-electron chi connectivity index (χ3n) is 4.35. The number of fused-ring (bicyclic) bond motifs is 1. The molecule has 29 heavy (non-hydrogen) atoms. The Bertz CT molecular complexity index is 1210. The largest absolute Gasteiger partial charge is 0.352 e. The van der Waals surface area contributed by atoms with E-state index in [-0.39, 0.29) is 32.8 Å². The number of carbonyl (C=O) groups is 1. The average Bonchev–Trinajstić information content (AvgIpc) is 3.00. The van der Waals surface area contributed by atoms with Crippen LogP contribution in [0.4, 0.5) is 5.69 Å². The van der Waals surface area contributed by atoms with Crippen LogP contribution in [0, 0.1) is 5.92 Å². The number of rotatable bonds is 7. The van der Waals surface area contributed by atoms with Crippen LogP contribution in [0.25, 0.3) is 10.2 Å². The molecular formula is C20H23N3O4S2. The molecule has 0 unspecified atom stereocenters. The fourth-order valence-corrected chi connectivity index (χ4v) is 5.05. The van der Waals surface area contributed by atoms with Crippen molar-refractivity contribution in [3.05, 3.63) is 57.7 Å². The molecule has 0 atom stereocenters. The normalized spacial score (nSPS) is 11.7. The number of benzene rings is 2. The summed E-state index contributed by atoms with van der Waals surface area (Å²) in [5.74, 6) is -0.0668. The summed E-state index contributed by atoms with van der Waals surface area (Å²) in [6, 6.07) is 11.0. The highest BCUT2D eigenvalue weighted by atomic mass is 32.2. The summed E-state index contributed by atoms with van der Waals surface area (Å²) in [6.07, 6.45) is 0. The van der Waals surface area contributed by atoms with Crippen LogP contribution in [-0.2, 0) is 16.6 Å². The molecule has 0 saturated carbocycles. The van der Waals surface area contributed by atoms with Gasteiger partial charge in [-0.1, -0.05) is 37.3 Å². The number of hydrogen-bond acceptors (Lipinski definition) is 5. The Kier molecular flexibility index (Phi) is 6.09. The Morgan fingerprint density at radius 1 is 1.17 bits per heavy atom. The van der Waals surface area contributed by atoms with Gasteiger partial charge in [-0.2, -0.15) is 0 Å². The number of nitrogens with one attached hydrogen (secondary N) is 2. The van der Waals surface area contributed by atoms with E-state index < -0.39 is 10.0 Å². The molecule has 1 heterocycles. The van der Waals surface area contributed by atoms with Crippen LogP contribution < -0.4 is 14.9 Å². The van der Waals surface area contributed by atoms with E-state index in [1.165, 1.54) is 12.1 Å².